The minimum Gasteiger partial charge on any atom is -0.497 e. The lowest BCUT2D eigenvalue weighted by Gasteiger charge is -2.26. The highest BCUT2D eigenvalue weighted by molar-refractivity contribution is 7.92. The van der Waals surface area contributed by atoms with Gasteiger partial charge in [-0.05, 0) is 42.0 Å². The highest BCUT2D eigenvalue weighted by atomic mass is 35.5. The lowest BCUT2D eigenvalue weighted by atomic mass is 10.2. The molecule has 0 heterocycles. The molecular weight excluding hydrogens is 522 g/mol. The average molecular weight is 548 g/mol. The minimum absolute atomic E-state index is 0.0912. The number of nitrogens with one attached hydrogen (secondary N) is 1. The fourth-order valence-electron chi connectivity index (χ4n) is 3.29. The van der Waals surface area contributed by atoms with Crippen LogP contribution in [0.4, 0.5) is 5.69 Å². The average Bonchev–Trinajstić information content (AvgIpc) is 2.91. The Bertz CT molecular complexity index is 1380. The maximum absolute atomic E-state index is 13.8. The van der Waals surface area contributed by atoms with Crippen molar-refractivity contribution in [2.24, 2.45) is 5.10 Å². The molecule has 0 spiro atoms. The molecule has 0 saturated carbocycles. The molecule has 0 radical (unpaired) electrons. The smallest absolute Gasteiger partial charge is 0.265 e. The van der Waals surface area contributed by atoms with Crippen LogP contribution in [0.3, 0.4) is 0 Å². The van der Waals surface area contributed by atoms with E-state index in [2.05, 4.69) is 10.5 Å². The van der Waals surface area contributed by atoms with Crippen molar-refractivity contribution in [1.29, 1.82) is 0 Å². The second-order valence-corrected chi connectivity index (χ2v) is 9.71. The summed E-state index contributed by atoms with van der Waals surface area (Å²) in [6, 6.07) is 15.5. The van der Waals surface area contributed by atoms with Crippen LogP contribution < -0.4 is 28.7 Å². The van der Waals surface area contributed by atoms with Gasteiger partial charge in [-0.2, -0.15) is 5.10 Å². The van der Waals surface area contributed by atoms with Gasteiger partial charge in [0.15, 0.2) is 11.5 Å². The highest BCUT2D eigenvalue weighted by Gasteiger charge is 2.31. The largest absolute Gasteiger partial charge is 0.497 e. The zero-order valence-corrected chi connectivity index (χ0v) is 22.2. The van der Waals surface area contributed by atoms with Gasteiger partial charge in [-0.3, -0.25) is 9.10 Å². The van der Waals surface area contributed by atoms with Gasteiger partial charge in [0.2, 0.25) is 0 Å². The van der Waals surface area contributed by atoms with E-state index in [0.29, 0.717) is 22.1 Å². The summed E-state index contributed by atoms with van der Waals surface area (Å²) in [5, 5.41) is 4.48. The van der Waals surface area contributed by atoms with Crippen LogP contribution in [-0.4, -0.2) is 55.5 Å². The van der Waals surface area contributed by atoms with E-state index in [1.807, 2.05) is 0 Å². The summed E-state index contributed by atoms with van der Waals surface area (Å²) >= 11 is 5.88. The number of carbonyl (C=O) groups excluding carboxylic acids is 1. The van der Waals surface area contributed by atoms with E-state index >= 15 is 0 Å². The first-order valence-corrected chi connectivity index (χ1v) is 12.6. The van der Waals surface area contributed by atoms with E-state index < -0.39 is 22.5 Å². The molecule has 0 saturated heterocycles. The van der Waals surface area contributed by atoms with Crippen molar-refractivity contribution in [2.75, 3.05) is 39.3 Å². The Hall–Kier alpha value is -3.96. The van der Waals surface area contributed by atoms with Crippen LogP contribution in [0.1, 0.15) is 5.56 Å². The monoisotopic (exact) mass is 547 g/mol. The van der Waals surface area contributed by atoms with Crippen molar-refractivity contribution in [3.63, 3.8) is 0 Å². The van der Waals surface area contributed by atoms with E-state index in [-0.39, 0.29) is 22.1 Å². The van der Waals surface area contributed by atoms with Crippen LogP contribution in [-0.2, 0) is 14.8 Å². The number of hydrogen-bond acceptors (Lipinski definition) is 8. The molecule has 1 amide bonds. The maximum Gasteiger partial charge on any atom is 0.265 e. The van der Waals surface area contributed by atoms with Crippen molar-refractivity contribution >= 4 is 39.4 Å². The number of carbonyl (C=O) groups is 1. The third kappa shape index (κ3) is 6.63. The van der Waals surface area contributed by atoms with Crippen molar-refractivity contribution < 1.29 is 32.2 Å². The molecule has 0 aromatic heterocycles. The minimum atomic E-state index is -4.31. The van der Waals surface area contributed by atoms with Gasteiger partial charge >= 0.3 is 0 Å². The van der Waals surface area contributed by atoms with Gasteiger partial charge < -0.3 is 18.9 Å². The number of ether oxygens (including phenoxy) is 4. The van der Waals surface area contributed by atoms with E-state index in [0.717, 1.165) is 4.31 Å². The fraction of sp³-hybridized carbons (Fsp3) is 0.200. The van der Waals surface area contributed by atoms with Crippen LogP contribution in [0, 0.1) is 0 Å². The number of hydrogen-bond donors (Lipinski definition) is 1. The number of hydrazone groups is 1. The number of methoxy groups -OCH3 is 4. The molecule has 0 aliphatic carbocycles. The number of rotatable bonds is 11. The summed E-state index contributed by atoms with van der Waals surface area (Å²) in [6.07, 6.45) is 1.41. The molecule has 12 heteroatoms. The Morgan fingerprint density at radius 3 is 2.16 bits per heavy atom. The van der Waals surface area contributed by atoms with E-state index in [9.17, 15) is 13.2 Å². The highest BCUT2D eigenvalue weighted by Crippen LogP contribution is 2.37. The molecular formula is C25H26ClN3O7S. The standard InChI is InChI=1S/C25H26ClN3O7S/c1-33-19-9-11-22(34-2)21(13-19)29(16-25(30)28-27-15-17-5-7-18(26)8-6-17)37(31,32)20-10-12-23(35-3)24(14-20)36-4/h5-15H,16H2,1-4H3,(H,28,30)/b27-15-. The van der Waals surface area contributed by atoms with Gasteiger partial charge in [0.25, 0.3) is 15.9 Å². The van der Waals surface area contributed by atoms with Gasteiger partial charge in [-0.25, -0.2) is 13.8 Å². The topological polar surface area (TPSA) is 116 Å². The number of anilines is 1. The summed E-state index contributed by atoms with van der Waals surface area (Å²) < 4.78 is 49.7. The van der Waals surface area contributed by atoms with Gasteiger partial charge in [0.05, 0.1) is 45.2 Å². The van der Waals surface area contributed by atoms with Crippen molar-refractivity contribution in [3.8, 4) is 23.0 Å². The quantitative estimate of drug-likeness (QED) is 0.287. The first kappa shape index (κ1) is 27.6. The number of nitrogens with zero attached hydrogens (tertiary/aromatic N) is 2. The number of amides is 1. The second kappa shape index (κ2) is 12.3. The molecule has 37 heavy (non-hydrogen) atoms. The fourth-order valence-corrected chi connectivity index (χ4v) is 4.85. The van der Waals surface area contributed by atoms with Gasteiger partial charge in [0.1, 0.15) is 18.0 Å². The maximum atomic E-state index is 13.8. The Balaban J connectivity index is 2.00. The number of benzene rings is 3. The van der Waals surface area contributed by atoms with Gasteiger partial charge in [-0.15, -0.1) is 0 Å². The van der Waals surface area contributed by atoms with Gasteiger partial charge in [-0.1, -0.05) is 23.7 Å². The molecule has 0 aliphatic rings. The van der Waals surface area contributed by atoms with Crippen LogP contribution in [0.15, 0.2) is 70.7 Å². The first-order chi connectivity index (χ1) is 17.7. The van der Waals surface area contributed by atoms with Crippen molar-refractivity contribution in [2.45, 2.75) is 4.90 Å². The Kier molecular flexibility index (Phi) is 9.20. The predicted octanol–water partition coefficient (Wildman–Crippen LogP) is 3.72. The van der Waals surface area contributed by atoms with Gasteiger partial charge in [0, 0.05) is 17.2 Å². The van der Waals surface area contributed by atoms with E-state index in [1.165, 1.54) is 58.9 Å². The molecule has 3 rings (SSSR count). The third-order valence-electron chi connectivity index (χ3n) is 5.16. The second-order valence-electron chi connectivity index (χ2n) is 7.41. The lowest BCUT2D eigenvalue weighted by molar-refractivity contribution is -0.119. The molecule has 3 aromatic carbocycles. The normalized spacial score (nSPS) is 11.2. The van der Waals surface area contributed by atoms with E-state index in [1.54, 1.807) is 36.4 Å². The number of sulfonamides is 1. The number of halogens is 1. The van der Waals surface area contributed by atoms with Crippen LogP contribution in [0.2, 0.25) is 5.02 Å². The zero-order chi connectivity index (χ0) is 27.0. The molecule has 0 bridgehead atoms. The molecule has 0 fully saturated rings. The van der Waals surface area contributed by atoms with E-state index in [4.69, 9.17) is 30.5 Å². The molecule has 3 aromatic rings. The molecule has 1 N–H and O–H groups in total. The molecule has 0 unspecified atom stereocenters. The first-order valence-electron chi connectivity index (χ1n) is 10.8. The van der Waals surface area contributed by atoms with Crippen LogP contribution in [0.25, 0.3) is 0 Å². The third-order valence-corrected chi connectivity index (χ3v) is 7.17. The summed E-state index contributed by atoms with van der Waals surface area (Å²) in [5.74, 6) is 0.435. The van der Waals surface area contributed by atoms with Crippen molar-refractivity contribution in [3.05, 3.63) is 71.2 Å². The molecule has 0 atom stereocenters. The summed E-state index contributed by atoms with van der Waals surface area (Å²) in [7, 11) is 1.35. The van der Waals surface area contributed by atoms with Crippen molar-refractivity contribution in [1.82, 2.24) is 5.43 Å². The van der Waals surface area contributed by atoms with Crippen LogP contribution >= 0.6 is 11.6 Å². The van der Waals surface area contributed by atoms with Crippen LogP contribution in [0.5, 0.6) is 23.0 Å². The molecule has 0 aliphatic heterocycles. The molecule has 196 valence electrons. The Morgan fingerprint density at radius 2 is 1.54 bits per heavy atom. The Morgan fingerprint density at radius 1 is 0.892 bits per heavy atom. The predicted molar refractivity (Wildman–Crippen MR) is 141 cm³/mol. The Labute approximate surface area is 220 Å². The lowest BCUT2D eigenvalue weighted by Crippen LogP contribution is -2.39. The molecule has 10 nitrogen and oxygen atoms in total. The summed E-state index contributed by atoms with van der Waals surface area (Å²) in [4.78, 5) is 12.7. The zero-order valence-electron chi connectivity index (χ0n) is 20.6. The summed E-state index contributed by atoms with van der Waals surface area (Å²) in [6.45, 7) is -0.613. The summed E-state index contributed by atoms with van der Waals surface area (Å²) in [5.41, 5.74) is 3.13. The SMILES string of the molecule is COc1ccc(OC)c(N(CC(=O)N/N=C\c2ccc(Cl)cc2)S(=O)(=O)c2ccc(OC)c(OC)c2)c1.